The fourth-order valence-corrected chi connectivity index (χ4v) is 7.00. The topological polar surface area (TPSA) is 63.2 Å². The molecule has 7 heteroatoms. The molecule has 264 valence electrons. The highest BCUT2D eigenvalue weighted by Crippen LogP contribution is 2.26. The summed E-state index contributed by atoms with van der Waals surface area (Å²) in [6.45, 7) is 32.2. The van der Waals surface area contributed by atoms with E-state index in [4.69, 9.17) is 14.4 Å². The van der Waals surface area contributed by atoms with Gasteiger partial charge in [-0.05, 0) is 64.2 Å². The van der Waals surface area contributed by atoms with Crippen molar-refractivity contribution < 1.29 is 27.5 Å². The van der Waals surface area contributed by atoms with Crippen molar-refractivity contribution in [1.82, 2.24) is 0 Å². The highest BCUT2D eigenvalue weighted by Gasteiger charge is 2.34. The second kappa shape index (κ2) is 30.6. The van der Waals surface area contributed by atoms with Crippen LogP contribution in [0.3, 0.4) is 0 Å². The van der Waals surface area contributed by atoms with Gasteiger partial charge in [0.2, 0.25) is 0 Å². The van der Waals surface area contributed by atoms with Gasteiger partial charge in [-0.3, -0.25) is 0 Å². The van der Waals surface area contributed by atoms with E-state index in [2.05, 4.69) is 69.2 Å². The van der Waals surface area contributed by atoms with Crippen molar-refractivity contribution in [1.29, 1.82) is 0 Å². The van der Waals surface area contributed by atoms with Crippen LogP contribution in [0.25, 0.3) is 0 Å². The Morgan fingerprint density at radius 2 is 0.651 bits per heavy atom. The fraction of sp³-hybridized carbons (Fsp3) is 1.00. The number of hydrogen-bond acceptors (Lipinski definition) is 3. The third kappa shape index (κ3) is 24.9. The first kappa shape index (κ1) is 47.4. The van der Waals surface area contributed by atoms with Gasteiger partial charge in [-0.25, -0.2) is 4.20 Å². The minimum Gasteiger partial charge on any atom is -0.786 e. The van der Waals surface area contributed by atoms with Crippen molar-refractivity contribution in [3.8, 4) is 0 Å². The summed E-state index contributed by atoms with van der Waals surface area (Å²) in [5.41, 5.74) is 0. The van der Waals surface area contributed by atoms with E-state index in [0.717, 1.165) is 12.1 Å². The zero-order chi connectivity index (χ0) is 33.6. The molecule has 0 aliphatic heterocycles. The number of unbranched alkanes of at least 4 members (excludes halogenated alkanes) is 6. The number of nitrogens with zero attached hydrogens (tertiary/aromatic N) is 2. The largest absolute Gasteiger partial charge is 0.786 e. The molecule has 2 atom stereocenters. The van der Waals surface area contributed by atoms with Crippen molar-refractivity contribution in [2.45, 2.75) is 197 Å². The van der Waals surface area contributed by atoms with Gasteiger partial charge in [-0.2, -0.15) is 0 Å². The zero-order valence-corrected chi connectivity index (χ0v) is 32.0. The van der Waals surface area contributed by atoms with E-state index in [1.54, 1.807) is 0 Å². The molecule has 0 aliphatic rings. The third-order valence-electron chi connectivity index (χ3n) is 9.48. The van der Waals surface area contributed by atoms with Crippen LogP contribution in [0, 0.1) is 0 Å². The lowest BCUT2D eigenvalue weighted by Gasteiger charge is -2.45. The lowest BCUT2D eigenvalue weighted by molar-refractivity contribution is -0.952. The Kier molecular flexibility index (Phi) is 33.8. The summed E-state index contributed by atoms with van der Waals surface area (Å²) in [5, 5.41) is 0. The number of rotatable bonds is 26. The van der Waals surface area contributed by atoms with E-state index >= 15 is 0 Å². The summed E-state index contributed by atoms with van der Waals surface area (Å²) in [6.07, 6.45) is 24.8. The summed E-state index contributed by atoms with van der Waals surface area (Å²) in [5.74, 6) is 0. The Labute approximate surface area is 271 Å². The Hall–Kier alpha value is -0.0000000000000000555. The van der Waals surface area contributed by atoms with Crippen LogP contribution in [0.5, 0.6) is 0 Å². The van der Waals surface area contributed by atoms with Gasteiger partial charge in [0.05, 0.1) is 51.4 Å². The molecule has 0 aromatic heterocycles. The first-order chi connectivity index (χ1) is 20.4. The maximum absolute atomic E-state index is 10.1. The molecule has 0 aromatic rings. The Bertz CT molecular complexity index is 523. The second-order valence-electron chi connectivity index (χ2n) is 13.0. The summed E-state index contributed by atoms with van der Waals surface area (Å²) in [6, 6.07) is 1.82. The van der Waals surface area contributed by atoms with Gasteiger partial charge >= 0.3 is 0 Å². The van der Waals surface area contributed by atoms with Crippen LogP contribution < -0.4 is 9.79 Å². The van der Waals surface area contributed by atoms with Crippen molar-refractivity contribution in [3.05, 3.63) is 0 Å². The summed E-state index contributed by atoms with van der Waals surface area (Å²) in [4.78, 5) is 16.9. The highest BCUT2D eigenvalue weighted by molar-refractivity contribution is 7.42. The van der Waals surface area contributed by atoms with E-state index in [0.29, 0.717) is 0 Å². The van der Waals surface area contributed by atoms with Crippen LogP contribution in [-0.2, 0) is 4.57 Å². The summed E-state index contributed by atoms with van der Waals surface area (Å²) in [7, 11) is -5.64. The SMILES string of the molecule is CCCC[N+](CCCC)(CCCC)C(CC)CCC.CCCC[N+](CCCC)(CCCC)C(CC)CCC.O=P([O-])([O-])F. The van der Waals surface area contributed by atoms with Crippen molar-refractivity contribution >= 4 is 7.91 Å². The number of quaternary nitrogens is 2. The molecule has 43 heavy (non-hydrogen) atoms. The van der Waals surface area contributed by atoms with Crippen molar-refractivity contribution in [2.24, 2.45) is 0 Å². The van der Waals surface area contributed by atoms with E-state index in [9.17, 15) is 4.20 Å². The first-order valence-corrected chi connectivity index (χ1v) is 20.3. The Balaban J connectivity index is -0.000000642. The van der Waals surface area contributed by atoms with Crippen LogP contribution in [-0.4, -0.2) is 60.3 Å². The third-order valence-corrected chi connectivity index (χ3v) is 9.48. The molecular weight excluding hydrogens is 558 g/mol. The first-order valence-electron chi connectivity index (χ1n) is 18.8. The lowest BCUT2D eigenvalue weighted by Crippen LogP contribution is -2.57. The monoisotopic (exact) mass is 639 g/mol. The molecule has 0 rings (SSSR count). The molecule has 0 radical (unpaired) electrons. The average Bonchev–Trinajstić information content (AvgIpc) is 2.98. The van der Waals surface area contributed by atoms with E-state index < -0.39 is 7.91 Å². The Morgan fingerprint density at radius 3 is 0.767 bits per heavy atom. The molecule has 0 heterocycles. The van der Waals surface area contributed by atoms with Crippen molar-refractivity contribution in [3.63, 3.8) is 0 Å². The van der Waals surface area contributed by atoms with Crippen LogP contribution in [0.1, 0.15) is 185 Å². The molecule has 0 aromatic carbocycles. The average molecular weight is 639 g/mol. The predicted octanol–water partition coefficient (Wildman–Crippen LogP) is 10.3. The highest BCUT2D eigenvalue weighted by atomic mass is 31.2. The maximum atomic E-state index is 10.1. The molecule has 5 nitrogen and oxygen atoms in total. The number of halogens is 1. The van der Waals surface area contributed by atoms with Gasteiger partial charge in [0.25, 0.3) is 0 Å². The minimum absolute atomic E-state index is 0.912. The van der Waals surface area contributed by atoms with Gasteiger partial charge in [0, 0.05) is 0 Å². The molecule has 0 spiro atoms. The van der Waals surface area contributed by atoms with Crippen molar-refractivity contribution in [2.75, 3.05) is 39.3 Å². The second-order valence-corrected chi connectivity index (χ2v) is 13.9. The lowest BCUT2D eigenvalue weighted by atomic mass is 10.0. The Morgan fingerprint density at radius 1 is 0.465 bits per heavy atom. The molecule has 2 unspecified atom stereocenters. The standard InChI is InChI=1S/2C18H40N.FH2O3P/c2*1-6-11-15-19(16-12-7-2,17-13-8-3)18(10-5)14-9-4;1-5(2,3)4/h2*18H,6-17H2,1-5H3;(H2,2,3,4)/q2*+1;/p-2. The smallest absolute Gasteiger partial charge is 0.110 e. The van der Waals surface area contributed by atoms with Crippen LogP contribution in [0.15, 0.2) is 0 Å². The molecule has 0 amide bonds. The predicted molar refractivity (Wildman–Crippen MR) is 186 cm³/mol. The normalized spacial score (nSPS) is 13.5. The van der Waals surface area contributed by atoms with Gasteiger partial charge in [0.1, 0.15) is 7.91 Å². The van der Waals surface area contributed by atoms with Gasteiger partial charge in [0.15, 0.2) is 0 Å². The van der Waals surface area contributed by atoms with E-state index in [-0.39, 0.29) is 0 Å². The van der Waals surface area contributed by atoms with Gasteiger partial charge in [-0.15, -0.1) is 0 Å². The molecule has 0 N–H and O–H groups in total. The molecule has 0 saturated carbocycles. The van der Waals surface area contributed by atoms with Crippen LogP contribution in [0.2, 0.25) is 0 Å². The maximum Gasteiger partial charge on any atom is 0.110 e. The van der Waals surface area contributed by atoms with E-state index in [1.807, 2.05) is 0 Å². The van der Waals surface area contributed by atoms with E-state index in [1.165, 1.54) is 164 Å². The quantitative estimate of drug-likeness (QED) is 0.0699. The number of hydrogen-bond donors (Lipinski definition) is 0. The molecule has 0 fully saturated rings. The summed E-state index contributed by atoms with van der Waals surface area (Å²) < 4.78 is 21.4. The molecule has 0 bridgehead atoms. The molecular formula is C36H80FN2O3P. The fourth-order valence-electron chi connectivity index (χ4n) is 7.00. The van der Waals surface area contributed by atoms with Crippen LogP contribution in [0.4, 0.5) is 4.20 Å². The molecule has 0 saturated heterocycles. The molecule has 0 aliphatic carbocycles. The zero-order valence-electron chi connectivity index (χ0n) is 31.1. The van der Waals surface area contributed by atoms with Gasteiger partial charge in [-0.1, -0.05) is 121 Å². The van der Waals surface area contributed by atoms with Crippen LogP contribution >= 0.6 is 7.91 Å². The van der Waals surface area contributed by atoms with Gasteiger partial charge < -0.3 is 23.3 Å². The minimum atomic E-state index is -5.64. The summed E-state index contributed by atoms with van der Waals surface area (Å²) >= 11 is 0.